The van der Waals surface area contributed by atoms with Crippen LogP contribution in [0.15, 0.2) is 22.9 Å². The zero-order valence-electron chi connectivity index (χ0n) is 13.5. The molecule has 3 rings (SSSR count). The lowest BCUT2D eigenvalue weighted by atomic mass is 10.1. The van der Waals surface area contributed by atoms with Crippen LogP contribution in [-0.4, -0.2) is 51.1 Å². The van der Waals surface area contributed by atoms with Gasteiger partial charge in [-0.2, -0.15) is 4.98 Å². The molecule has 0 radical (unpaired) electrons. The Labute approximate surface area is 131 Å². The van der Waals surface area contributed by atoms with Gasteiger partial charge in [-0.25, -0.2) is 0 Å². The average Bonchev–Trinajstić information content (AvgIpc) is 2.96. The molecule has 0 aliphatic carbocycles. The fourth-order valence-corrected chi connectivity index (χ4v) is 2.87. The Hall–Kier alpha value is -1.79. The van der Waals surface area contributed by atoms with E-state index in [1.54, 1.807) is 0 Å². The third-order valence-electron chi connectivity index (χ3n) is 4.37. The molecule has 0 aromatic carbocycles. The number of hydrogen-bond donors (Lipinski definition) is 0. The smallest absolute Gasteiger partial charge is 0.243 e. The van der Waals surface area contributed by atoms with E-state index in [4.69, 9.17) is 4.52 Å². The van der Waals surface area contributed by atoms with Crippen molar-refractivity contribution in [3.63, 3.8) is 0 Å². The molecule has 1 atom stereocenters. The molecule has 2 aromatic rings. The van der Waals surface area contributed by atoms with Crippen molar-refractivity contribution in [3.8, 4) is 0 Å². The summed E-state index contributed by atoms with van der Waals surface area (Å²) >= 11 is 0. The van der Waals surface area contributed by atoms with Crippen LogP contribution in [0.5, 0.6) is 0 Å². The predicted molar refractivity (Wildman–Crippen MR) is 83.3 cm³/mol. The van der Waals surface area contributed by atoms with E-state index >= 15 is 0 Å². The van der Waals surface area contributed by atoms with Gasteiger partial charge in [0.25, 0.3) is 0 Å². The quantitative estimate of drug-likeness (QED) is 0.860. The molecule has 118 valence electrons. The second-order valence-corrected chi connectivity index (χ2v) is 5.92. The Morgan fingerprint density at radius 3 is 2.64 bits per heavy atom. The van der Waals surface area contributed by atoms with Crippen LogP contribution in [0, 0.1) is 13.8 Å². The topological polar surface area (TPSA) is 58.3 Å². The van der Waals surface area contributed by atoms with Crippen molar-refractivity contribution in [2.45, 2.75) is 33.4 Å². The molecule has 6 heteroatoms. The SMILES string of the molecule is Cc1noc(C(C)N2CCN(Cc3cccnc3C)CC2)n1. The number of aryl methyl sites for hydroxylation is 2. The maximum absolute atomic E-state index is 5.29. The van der Waals surface area contributed by atoms with E-state index in [1.807, 2.05) is 19.2 Å². The molecule has 1 unspecified atom stereocenters. The molecule has 22 heavy (non-hydrogen) atoms. The van der Waals surface area contributed by atoms with Gasteiger partial charge in [-0.15, -0.1) is 0 Å². The highest BCUT2D eigenvalue weighted by Crippen LogP contribution is 2.20. The Kier molecular flexibility index (Phi) is 4.49. The third-order valence-corrected chi connectivity index (χ3v) is 4.37. The van der Waals surface area contributed by atoms with Gasteiger partial charge >= 0.3 is 0 Å². The maximum atomic E-state index is 5.29. The summed E-state index contributed by atoms with van der Waals surface area (Å²) in [7, 11) is 0. The normalized spacial score (nSPS) is 18.5. The molecule has 1 aliphatic rings. The van der Waals surface area contributed by atoms with Crippen molar-refractivity contribution in [1.29, 1.82) is 0 Å². The van der Waals surface area contributed by atoms with Crippen LogP contribution in [0.25, 0.3) is 0 Å². The van der Waals surface area contributed by atoms with Gasteiger partial charge in [0.05, 0.1) is 6.04 Å². The summed E-state index contributed by atoms with van der Waals surface area (Å²) in [5.74, 6) is 1.42. The number of nitrogens with zero attached hydrogens (tertiary/aromatic N) is 5. The lowest BCUT2D eigenvalue weighted by molar-refractivity contribution is 0.0844. The van der Waals surface area contributed by atoms with Gasteiger partial charge in [0.1, 0.15) is 0 Å². The number of aromatic nitrogens is 3. The van der Waals surface area contributed by atoms with E-state index in [9.17, 15) is 0 Å². The summed E-state index contributed by atoms with van der Waals surface area (Å²) in [6.07, 6.45) is 1.85. The summed E-state index contributed by atoms with van der Waals surface area (Å²) < 4.78 is 5.29. The molecule has 1 saturated heterocycles. The van der Waals surface area contributed by atoms with E-state index in [0.29, 0.717) is 11.7 Å². The molecular weight excluding hydrogens is 278 g/mol. The van der Waals surface area contributed by atoms with Gasteiger partial charge in [-0.3, -0.25) is 14.8 Å². The largest absolute Gasteiger partial charge is 0.338 e. The van der Waals surface area contributed by atoms with Crippen molar-refractivity contribution in [1.82, 2.24) is 24.9 Å². The number of rotatable bonds is 4. The molecule has 0 N–H and O–H groups in total. The van der Waals surface area contributed by atoms with Gasteiger partial charge in [-0.1, -0.05) is 11.2 Å². The number of hydrogen-bond acceptors (Lipinski definition) is 6. The first kappa shape index (κ1) is 15.1. The molecule has 0 amide bonds. The summed E-state index contributed by atoms with van der Waals surface area (Å²) in [5.41, 5.74) is 2.44. The van der Waals surface area contributed by atoms with Crippen LogP contribution in [-0.2, 0) is 6.54 Å². The van der Waals surface area contributed by atoms with Crippen molar-refractivity contribution >= 4 is 0 Å². The zero-order valence-corrected chi connectivity index (χ0v) is 13.5. The van der Waals surface area contributed by atoms with Gasteiger partial charge in [0, 0.05) is 44.6 Å². The van der Waals surface area contributed by atoms with Gasteiger partial charge < -0.3 is 4.52 Å². The van der Waals surface area contributed by atoms with Crippen molar-refractivity contribution in [3.05, 3.63) is 41.3 Å². The van der Waals surface area contributed by atoms with E-state index in [1.165, 1.54) is 5.56 Å². The summed E-state index contributed by atoms with van der Waals surface area (Å²) in [4.78, 5) is 13.6. The van der Waals surface area contributed by atoms with Gasteiger partial charge in [0.15, 0.2) is 5.82 Å². The minimum Gasteiger partial charge on any atom is -0.338 e. The van der Waals surface area contributed by atoms with E-state index in [-0.39, 0.29) is 6.04 Å². The van der Waals surface area contributed by atoms with E-state index < -0.39 is 0 Å². The second-order valence-electron chi connectivity index (χ2n) is 5.92. The molecular formula is C16H23N5O. The average molecular weight is 301 g/mol. The van der Waals surface area contributed by atoms with Crippen molar-refractivity contribution in [2.24, 2.45) is 0 Å². The Balaban J connectivity index is 1.55. The highest BCUT2D eigenvalue weighted by molar-refractivity contribution is 5.18. The van der Waals surface area contributed by atoms with Crippen LogP contribution < -0.4 is 0 Å². The Morgan fingerprint density at radius 1 is 1.23 bits per heavy atom. The Morgan fingerprint density at radius 2 is 2.00 bits per heavy atom. The molecule has 0 saturated carbocycles. The van der Waals surface area contributed by atoms with Crippen molar-refractivity contribution < 1.29 is 4.52 Å². The lowest BCUT2D eigenvalue weighted by Crippen LogP contribution is -2.46. The molecule has 2 aromatic heterocycles. The van der Waals surface area contributed by atoms with Crippen LogP contribution in [0.3, 0.4) is 0 Å². The predicted octanol–water partition coefficient (Wildman–Crippen LogP) is 1.96. The maximum Gasteiger partial charge on any atom is 0.243 e. The number of pyridine rings is 1. The van der Waals surface area contributed by atoms with Gasteiger partial charge in [-0.05, 0) is 32.4 Å². The van der Waals surface area contributed by atoms with Crippen LogP contribution >= 0.6 is 0 Å². The minimum atomic E-state index is 0.184. The summed E-state index contributed by atoms with van der Waals surface area (Å²) in [6, 6.07) is 4.36. The van der Waals surface area contributed by atoms with Gasteiger partial charge in [0.2, 0.25) is 5.89 Å². The molecule has 1 fully saturated rings. The molecule has 3 heterocycles. The summed E-state index contributed by atoms with van der Waals surface area (Å²) in [5, 5.41) is 3.88. The van der Waals surface area contributed by atoms with Crippen LogP contribution in [0.4, 0.5) is 0 Å². The Bertz CT molecular complexity index is 619. The van der Waals surface area contributed by atoms with Crippen molar-refractivity contribution in [2.75, 3.05) is 26.2 Å². The zero-order chi connectivity index (χ0) is 15.5. The highest BCUT2D eigenvalue weighted by Gasteiger charge is 2.25. The fraction of sp³-hybridized carbons (Fsp3) is 0.562. The summed E-state index contributed by atoms with van der Waals surface area (Å²) in [6.45, 7) is 11.2. The molecule has 0 spiro atoms. The molecule has 6 nitrogen and oxygen atoms in total. The third kappa shape index (κ3) is 3.34. The first-order valence-corrected chi connectivity index (χ1v) is 7.80. The highest BCUT2D eigenvalue weighted by atomic mass is 16.5. The van der Waals surface area contributed by atoms with E-state index in [2.05, 4.69) is 44.8 Å². The first-order chi connectivity index (χ1) is 10.6. The van der Waals surface area contributed by atoms with E-state index in [0.717, 1.165) is 38.4 Å². The minimum absolute atomic E-state index is 0.184. The van der Waals surface area contributed by atoms with Crippen LogP contribution in [0.1, 0.15) is 35.9 Å². The molecule has 1 aliphatic heterocycles. The second kappa shape index (κ2) is 6.54. The number of piperazine rings is 1. The van der Waals surface area contributed by atoms with Crippen LogP contribution in [0.2, 0.25) is 0 Å². The molecule has 0 bridgehead atoms. The fourth-order valence-electron chi connectivity index (χ4n) is 2.87. The first-order valence-electron chi connectivity index (χ1n) is 7.80. The monoisotopic (exact) mass is 301 g/mol. The lowest BCUT2D eigenvalue weighted by Gasteiger charge is -2.36. The standard InChI is InChI=1S/C16H23N5O/c1-12-15(5-4-6-17-12)11-20-7-9-21(10-8-20)13(2)16-18-14(3)19-22-16/h4-6,13H,7-11H2,1-3H3.